The number of nitrogens with zero attached hydrogens (tertiary/aromatic N) is 1. The molecule has 3 aliphatic heterocycles. The Morgan fingerprint density at radius 2 is 1.58 bits per heavy atom. The van der Waals surface area contributed by atoms with E-state index in [1.807, 2.05) is 58.1 Å². The molecule has 0 spiro atoms. The molecule has 1 unspecified atom stereocenters. The van der Waals surface area contributed by atoms with Gasteiger partial charge in [-0.2, -0.15) is 0 Å². The zero-order valence-electron chi connectivity index (χ0n) is 45.0. The standard InChI is InChI=1S/C56H89NO15/c1-35-17-12-11-13-18-36(2)47(70-28-27-66-8)33-43-22-20-41(7)56(65,72-43)53(62)54(63)57-24-15-14-19-44(57)55(64)71-48(38(4)31-42-21-23-46(49(32-42)67-9)69-26-16-25-58)34-45(59)37(3)30-40(6)51(61)52(68-10)50(60)39(5)29-35/h11-13,17-18,30,35,37-39,41-44,46-49,51-52,58,61,65H,14-16,19-29,31-34H2,1-10H3/b13-11?,17-12+,36-18?,40-30+/t35-,37-,38-,39-,41-,42+,43+,44+,46-,47?,48+,49-,51-,52+,56-/m1/s1. The summed E-state index contributed by atoms with van der Waals surface area (Å²) in [5.74, 6) is -8.06. The molecule has 16 heteroatoms. The van der Waals surface area contributed by atoms with Gasteiger partial charge in [0.15, 0.2) is 5.78 Å². The third-order valence-electron chi connectivity index (χ3n) is 15.4. The van der Waals surface area contributed by atoms with Crippen LogP contribution in [0.25, 0.3) is 0 Å². The molecule has 0 aromatic rings. The summed E-state index contributed by atoms with van der Waals surface area (Å²) >= 11 is 0. The van der Waals surface area contributed by atoms with Crippen LogP contribution in [0.4, 0.5) is 0 Å². The van der Waals surface area contributed by atoms with Crippen molar-refractivity contribution in [1.29, 1.82) is 0 Å². The van der Waals surface area contributed by atoms with E-state index in [0.29, 0.717) is 70.2 Å². The first-order chi connectivity index (χ1) is 34.3. The number of allylic oxidation sites excluding steroid dienone is 6. The maximum absolute atomic E-state index is 14.6. The van der Waals surface area contributed by atoms with Gasteiger partial charge >= 0.3 is 5.97 Å². The van der Waals surface area contributed by atoms with Crippen molar-refractivity contribution in [2.45, 2.75) is 186 Å². The number of aliphatic hydroxyl groups excluding tert-OH is 2. The molecule has 1 amide bonds. The Hall–Kier alpha value is -3.45. The van der Waals surface area contributed by atoms with Crippen LogP contribution < -0.4 is 0 Å². The molecule has 16 nitrogen and oxygen atoms in total. The van der Waals surface area contributed by atoms with E-state index >= 15 is 0 Å². The van der Waals surface area contributed by atoms with Gasteiger partial charge in [-0.05, 0) is 113 Å². The van der Waals surface area contributed by atoms with Crippen LogP contribution in [0.3, 0.4) is 0 Å². The van der Waals surface area contributed by atoms with Gasteiger partial charge in [0.25, 0.3) is 11.7 Å². The van der Waals surface area contributed by atoms with Crippen LogP contribution in [0.5, 0.6) is 0 Å². The quantitative estimate of drug-likeness (QED) is 0.0767. The second-order valence-corrected chi connectivity index (χ2v) is 21.1. The van der Waals surface area contributed by atoms with Crippen molar-refractivity contribution in [3.63, 3.8) is 0 Å². The number of cyclic esters (lactones) is 1. The molecule has 2 bridgehead atoms. The van der Waals surface area contributed by atoms with E-state index in [1.54, 1.807) is 41.1 Å². The van der Waals surface area contributed by atoms with Crippen LogP contribution in [0.15, 0.2) is 47.6 Å². The van der Waals surface area contributed by atoms with E-state index < -0.39 is 77.8 Å². The largest absolute Gasteiger partial charge is 0.460 e. The SMILES string of the molecule is COCCOC1C[C@@H]2CC[C@@H](C)[C@@](O)(O2)C(=O)C(=O)N2CCCC[C@H]2C(=O)O[C@H]([C@H](C)C[C@@H]2CC[C@@H](OCCCO)[C@H](OC)C2)CC(=O)[C@H](C)/C=C(\C)[C@@H](O)[C@@H](OC)C(=O)[C@H](C)C[C@H](C)/C=C/C=CC=C1C. The maximum atomic E-state index is 14.6. The Labute approximate surface area is 429 Å². The maximum Gasteiger partial charge on any atom is 0.329 e. The van der Waals surface area contributed by atoms with Crippen LogP contribution >= 0.6 is 0 Å². The number of ketones is 3. The van der Waals surface area contributed by atoms with Crippen molar-refractivity contribution >= 4 is 29.2 Å². The number of hydrogen-bond acceptors (Lipinski definition) is 15. The summed E-state index contributed by atoms with van der Waals surface area (Å²) in [7, 11) is 4.61. The molecule has 3 fully saturated rings. The van der Waals surface area contributed by atoms with Crippen LogP contribution in [-0.4, -0.2) is 158 Å². The first-order valence-electron chi connectivity index (χ1n) is 26.6. The number of carbonyl (C=O) groups is 5. The summed E-state index contributed by atoms with van der Waals surface area (Å²) in [6.45, 7) is 13.9. The second-order valence-electron chi connectivity index (χ2n) is 21.1. The lowest BCUT2D eigenvalue weighted by Crippen LogP contribution is -2.61. The Kier molecular flexibility index (Phi) is 25.6. The van der Waals surface area contributed by atoms with E-state index in [9.17, 15) is 39.3 Å². The molecule has 0 aromatic heterocycles. The summed E-state index contributed by atoms with van der Waals surface area (Å²) in [6, 6.07) is -1.16. The van der Waals surface area contributed by atoms with Gasteiger partial charge in [-0.1, -0.05) is 71.1 Å². The lowest BCUT2D eigenvalue weighted by molar-refractivity contribution is -0.266. The van der Waals surface area contributed by atoms with Crippen molar-refractivity contribution in [3.05, 3.63) is 47.6 Å². The highest BCUT2D eigenvalue weighted by Gasteiger charge is 2.53. The number of hydrogen-bond donors (Lipinski definition) is 3. The average molecular weight is 1020 g/mol. The highest BCUT2D eigenvalue weighted by Crippen LogP contribution is 2.38. The van der Waals surface area contributed by atoms with Gasteiger partial charge in [-0.25, -0.2) is 4.79 Å². The lowest BCUT2D eigenvalue weighted by atomic mass is 9.78. The Morgan fingerprint density at radius 1 is 0.833 bits per heavy atom. The molecule has 15 atom stereocenters. The number of piperidine rings is 1. The van der Waals surface area contributed by atoms with Gasteiger partial charge < -0.3 is 53.4 Å². The summed E-state index contributed by atoms with van der Waals surface area (Å²) in [4.78, 5) is 72.6. The van der Waals surface area contributed by atoms with Gasteiger partial charge in [-0.3, -0.25) is 19.2 Å². The summed E-state index contributed by atoms with van der Waals surface area (Å²) in [5.41, 5.74) is 1.24. The number of aliphatic hydroxyl groups is 3. The van der Waals surface area contributed by atoms with E-state index in [1.165, 1.54) is 12.0 Å². The topological polar surface area (TPSA) is 214 Å². The molecule has 4 aliphatic rings. The zero-order chi connectivity index (χ0) is 53.1. The number of amides is 1. The minimum atomic E-state index is -2.46. The number of ether oxygens (including phenoxy) is 7. The van der Waals surface area contributed by atoms with Gasteiger partial charge in [0, 0.05) is 71.7 Å². The monoisotopic (exact) mass is 1020 g/mol. The molecule has 4 rings (SSSR count). The van der Waals surface area contributed by atoms with Crippen LogP contribution in [0.1, 0.15) is 132 Å². The lowest BCUT2D eigenvalue weighted by Gasteiger charge is -2.43. The first-order valence-corrected chi connectivity index (χ1v) is 26.6. The van der Waals surface area contributed by atoms with Gasteiger partial charge in [0.2, 0.25) is 5.79 Å². The van der Waals surface area contributed by atoms with Crippen LogP contribution in [0, 0.1) is 35.5 Å². The summed E-state index contributed by atoms with van der Waals surface area (Å²) in [5, 5.41) is 32.9. The van der Waals surface area contributed by atoms with Crippen molar-refractivity contribution in [2.24, 2.45) is 35.5 Å². The molecular formula is C56H89NO15. The second kappa shape index (κ2) is 30.2. The van der Waals surface area contributed by atoms with E-state index in [4.69, 9.17) is 33.2 Å². The number of fused-ring (bicyclic) bond motifs is 3. The molecule has 3 N–H and O–H groups in total. The fraction of sp³-hybridized carbons (Fsp3) is 0.768. The van der Waals surface area contributed by atoms with E-state index in [0.717, 1.165) is 18.4 Å². The van der Waals surface area contributed by atoms with E-state index in [-0.39, 0.29) is 80.5 Å². The highest BCUT2D eigenvalue weighted by atomic mass is 16.6. The molecule has 0 radical (unpaired) electrons. The molecule has 1 saturated carbocycles. The molecule has 1 aliphatic carbocycles. The Balaban J connectivity index is 1.71. The summed E-state index contributed by atoms with van der Waals surface area (Å²) < 4.78 is 41.6. The fourth-order valence-electron chi connectivity index (χ4n) is 10.8. The van der Waals surface area contributed by atoms with Gasteiger partial charge in [-0.15, -0.1) is 0 Å². The molecule has 3 heterocycles. The molecular weight excluding hydrogens is 927 g/mol. The number of esters is 1. The number of rotatable bonds is 13. The van der Waals surface area contributed by atoms with Crippen LogP contribution in [-0.2, 0) is 57.1 Å². The number of Topliss-reactive ketones (excluding diaryl/α,β-unsaturated/α-hetero) is 3. The number of methoxy groups -OCH3 is 3. The van der Waals surface area contributed by atoms with Crippen molar-refractivity contribution in [2.75, 3.05) is 54.3 Å². The zero-order valence-corrected chi connectivity index (χ0v) is 45.0. The fourth-order valence-corrected chi connectivity index (χ4v) is 10.8. The third-order valence-corrected chi connectivity index (χ3v) is 15.4. The van der Waals surface area contributed by atoms with Crippen molar-refractivity contribution in [3.8, 4) is 0 Å². The van der Waals surface area contributed by atoms with Crippen molar-refractivity contribution < 1.29 is 72.5 Å². The van der Waals surface area contributed by atoms with Crippen molar-refractivity contribution in [1.82, 2.24) is 4.90 Å². The Morgan fingerprint density at radius 3 is 2.28 bits per heavy atom. The normalized spacial score (nSPS) is 36.5. The van der Waals surface area contributed by atoms with Gasteiger partial charge in [0.05, 0.1) is 37.6 Å². The minimum Gasteiger partial charge on any atom is -0.460 e. The molecule has 2 saturated heterocycles. The highest BCUT2D eigenvalue weighted by molar-refractivity contribution is 6.39. The molecule has 408 valence electrons. The van der Waals surface area contributed by atoms with Crippen LogP contribution in [0.2, 0.25) is 0 Å². The smallest absolute Gasteiger partial charge is 0.329 e. The van der Waals surface area contributed by atoms with Gasteiger partial charge in [0.1, 0.15) is 30.1 Å². The number of carbonyl (C=O) groups excluding carboxylic acids is 5. The average Bonchev–Trinajstić information content (AvgIpc) is 3.36. The third kappa shape index (κ3) is 17.3. The summed E-state index contributed by atoms with van der Waals surface area (Å²) in [6.07, 6.45) is 12.4. The predicted octanol–water partition coefficient (Wildman–Crippen LogP) is 6.60. The van der Waals surface area contributed by atoms with E-state index in [2.05, 4.69) is 0 Å². The first kappa shape index (κ1) is 61.1. The predicted molar refractivity (Wildman–Crippen MR) is 271 cm³/mol. The molecule has 72 heavy (non-hydrogen) atoms. The Bertz CT molecular complexity index is 1880. The molecule has 0 aromatic carbocycles. The minimum absolute atomic E-state index is 0.000907.